The third kappa shape index (κ3) is 4.40. The molecule has 0 amide bonds. The van der Waals surface area contributed by atoms with Crippen molar-refractivity contribution in [3.63, 3.8) is 0 Å². The molecule has 0 spiro atoms. The Labute approximate surface area is 156 Å². The zero-order valence-corrected chi connectivity index (χ0v) is 15.4. The zero-order chi connectivity index (χ0) is 19.6. The van der Waals surface area contributed by atoms with Crippen molar-refractivity contribution >= 4 is 27.2 Å². The highest BCUT2D eigenvalue weighted by Crippen LogP contribution is 2.23. The summed E-state index contributed by atoms with van der Waals surface area (Å²) in [5.41, 5.74) is 1.96. The first-order chi connectivity index (χ1) is 12.7. The standard InChI is InChI=1S/C19H17F2N3O2S/c1-12-3-4-13(2)18(9-12)27(25,26)24-19-8-6-15(11-22-19)23-17-7-5-14(20)10-16(17)21/h3-11,23H,1-2H3,(H,22,24). The van der Waals surface area contributed by atoms with Gasteiger partial charge in [0.15, 0.2) is 0 Å². The van der Waals surface area contributed by atoms with Crippen molar-refractivity contribution in [1.29, 1.82) is 0 Å². The number of aryl methyl sites for hydroxylation is 2. The number of nitrogens with zero attached hydrogens (tertiary/aromatic N) is 1. The Kier molecular flexibility index (Phi) is 5.09. The number of anilines is 3. The second-order valence-electron chi connectivity index (χ2n) is 6.06. The normalized spacial score (nSPS) is 11.3. The van der Waals surface area contributed by atoms with E-state index in [0.29, 0.717) is 11.3 Å². The first-order valence-corrected chi connectivity index (χ1v) is 9.51. The van der Waals surface area contributed by atoms with Crippen LogP contribution in [0.1, 0.15) is 11.1 Å². The molecular weight excluding hydrogens is 372 g/mol. The molecule has 5 nitrogen and oxygen atoms in total. The second-order valence-corrected chi connectivity index (χ2v) is 7.71. The van der Waals surface area contributed by atoms with Gasteiger partial charge in [0.05, 0.1) is 22.5 Å². The molecule has 2 N–H and O–H groups in total. The summed E-state index contributed by atoms with van der Waals surface area (Å²) in [6, 6.07) is 11.3. The Morgan fingerprint density at radius 2 is 1.74 bits per heavy atom. The minimum atomic E-state index is -3.78. The van der Waals surface area contributed by atoms with E-state index in [4.69, 9.17) is 0 Å². The van der Waals surface area contributed by atoms with Gasteiger partial charge in [0.1, 0.15) is 17.5 Å². The molecule has 1 heterocycles. The van der Waals surface area contributed by atoms with Crippen LogP contribution in [0.2, 0.25) is 0 Å². The van der Waals surface area contributed by atoms with Crippen molar-refractivity contribution in [2.24, 2.45) is 0 Å². The Morgan fingerprint density at radius 3 is 2.41 bits per heavy atom. The van der Waals surface area contributed by atoms with Gasteiger partial charge in [-0.2, -0.15) is 0 Å². The quantitative estimate of drug-likeness (QED) is 0.673. The Bertz CT molecular complexity index is 1080. The monoisotopic (exact) mass is 389 g/mol. The van der Waals surface area contributed by atoms with Gasteiger partial charge in [-0.05, 0) is 55.3 Å². The number of sulfonamides is 1. The average molecular weight is 389 g/mol. The fourth-order valence-electron chi connectivity index (χ4n) is 2.46. The van der Waals surface area contributed by atoms with Crippen LogP contribution in [0.5, 0.6) is 0 Å². The Hall–Kier alpha value is -3.00. The Morgan fingerprint density at radius 1 is 0.963 bits per heavy atom. The van der Waals surface area contributed by atoms with Gasteiger partial charge < -0.3 is 5.32 Å². The van der Waals surface area contributed by atoms with Gasteiger partial charge >= 0.3 is 0 Å². The lowest BCUT2D eigenvalue weighted by Gasteiger charge is -2.11. The lowest BCUT2D eigenvalue weighted by molar-refractivity contribution is 0.586. The predicted octanol–water partition coefficient (Wildman–Crippen LogP) is 4.52. The highest BCUT2D eigenvalue weighted by molar-refractivity contribution is 7.92. The zero-order valence-electron chi connectivity index (χ0n) is 14.6. The van der Waals surface area contributed by atoms with E-state index >= 15 is 0 Å². The lowest BCUT2D eigenvalue weighted by atomic mass is 10.2. The number of nitrogens with one attached hydrogen (secondary N) is 2. The molecule has 0 aliphatic carbocycles. The molecule has 0 aliphatic rings. The summed E-state index contributed by atoms with van der Waals surface area (Å²) < 4.78 is 54.2. The van der Waals surface area contributed by atoms with Crippen LogP contribution in [0.15, 0.2) is 59.6 Å². The van der Waals surface area contributed by atoms with E-state index in [-0.39, 0.29) is 16.4 Å². The number of benzene rings is 2. The summed E-state index contributed by atoms with van der Waals surface area (Å²) in [5, 5.41) is 2.76. The second kappa shape index (κ2) is 7.32. The maximum Gasteiger partial charge on any atom is 0.263 e. The largest absolute Gasteiger partial charge is 0.352 e. The van der Waals surface area contributed by atoms with Crippen molar-refractivity contribution in [2.75, 3.05) is 10.0 Å². The molecule has 0 atom stereocenters. The van der Waals surface area contributed by atoms with Crippen LogP contribution >= 0.6 is 0 Å². The molecule has 1 aromatic heterocycles. The molecule has 3 rings (SSSR count). The van der Waals surface area contributed by atoms with E-state index in [1.165, 1.54) is 24.4 Å². The van der Waals surface area contributed by atoms with Gasteiger partial charge in [0.2, 0.25) is 0 Å². The van der Waals surface area contributed by atoms with Crippen LogP contribution in [0.25, 0.3) is 0 Å². The summed E-state index contributed by atoms with van der Waals surface area (Å²) >= 11 is 0. The third-order valence-corrected chi connectivity index (χ3v) is 5.34. The molecular formula is C19H17F2N3O2S. The fourth-order valence-corrected chi connectivity index (χ4v) is 3.80. The first-order valence-electron chi connectivity index (χ1n) is 8.03. The van der Waals surface area contributed by atoms with Crippen LogP contribution in [0, 0.1) is 25.5 Å². The van der Waals surface area contributed by atoms with Gasteiger partial charge in [0, 0.05) is 6.07 Å². The van der Waals surface area contributed by atoms with Crippen molar-refractivity contribution in [2.45, 2.75) is 18.7 Å². The van der Waals surface area contributed by atoms with Crippen LogP contribution in [-0.4, -0.2) is 13.4 Å². The number of halogens is 2. The first kappa shape index (κ1) is 18.8. The van der Waals surface area contributed by atoms with Crippen molar-refractivity contribution in [1.82, 2.24) is 4.98 Å². The van der Waals surface area contributed by atoms with Crippen molar-refractivity contribution < 1.29 is 17.2 Å². The minimum Gasteiger partial charge on any atom is -0.352 e. The van der Waals surface area contributed by atoms with Gasteiger partial charge in [0.25, 0.3) is 10.0 Å². The maximum atomic E-state index is 13.7. The van der Waals surface area contributed by atoms with Gasteiger partial charge in [-0.3, -0.25) is 4.72 Å². The number of rotatable bonds is 5. The van der Waals surface area contributed by atoms with Gasteiger partial charge in [-0.1, -0.05) is 12.1 Å². The van der Waals surface area contributed by atoms with Crippen LogP contribution < -0.4 is 10.0 Å². The number of hydrogen-bond acceptors (Lipinski definition) is 4. The van der Waals surface area contributed by atoms with E-state index in [1.54, 1.807) is 19.1 Å². The average Bonchev–Trinajstić information content (AvgIpc) is 2.61. The van der Waals surface area contributed by atoms with E-state index in [9.17, 15) is 17.2 Å². The molecule has 0 radical (unpaired) electrons. The fraction of sp³-hybridized carbons (Fsp3) is 0.105. The van der Waals surface area contributed by atoms with Crippen LogP contribution in [-0.2, 0) is 10.0 Å². The minimum absolute atomic E-state index is 0.0851. The summed E-state index contributed by atoms with van der Waals surface area (Å²) in [4.78, 5) is 4.22. The van der Waals surface area contributed by atoms with Crippen molar-refractivity contribution in [3.8, 4) is 0 Å². The molecule has 27 heavy (non-hydrogen) atoms. The smallest absolute Gasteiger partial charge is 0.263 e. The molecule has 0 saturated heterocycles. The molecule has 3 aromatic rings. The van der Waals surface area contributed by atoms with Gasteiger partial charge in [-0.15, -0.1) is 0 Å². The molecule has 0 bridgehead atoms. The predicted molar refractivity (Wildman–Crippen MR) is 101 cm³/mol. The maximum absolute atomic E-state index is 13.7. The number of aromatic nitrogens is 1. The lowest BCUT2D eigenvalue weighted by Crippen LogP contribution is -2.15. The van der Waals surface area contributed by atoms with E-state index in [2.05, 4.69) is 15.0 Å². The van der Waals surface area contributed by atoms with Crippen LogP contribution in [0.4, 0.5) is 26.0 Å². The van der Waals surface area contributed by atoms with Crippen molar-refractivity contribution in [3.05, 3.63) is 77.5 Å². The summed E-state index contributed by atoms with van der Waals surface area (Å²) in [6.07, 6.45) is 1.35. The molecule has 0 aliphatic heterocycles. The Balaban J connectivity index is 1.78. The summed E-state index contributed by atoms with van der Waals surface area (Å²) in [7, 11) is -3.78. The molecule has 140 valence electrons. The number of hydrogen-bond donors (Lipinski definition) is 2. The molecule has 8 heteroatoms. The SMILES string of the molecule is Cc1ccc(C)c(S(=O)(=O)Nc2ccc(Nc3ccc(F)cc3F)cn2)c1. The molecule has 0 saturated carbocycles. The van der Waals surface area contributed by atoms with E-state index < -0.39 is 21.7 Å². The van der Waals surface area contributed by atoms with E-state index in [1.807, 2.05) is 13.0 Å². The highest BCUT2D eigenvalue weighted by Gasteiger charge is 2.17. The summed E-state index contributed by atoms with van der Waals surface area (Å²) in [5.74, 6) is -1.29. The van der Waals surface area contributed by atoms with Gasteiger partial charge in [-0.25, -0.2) is 22.2 Å². The third-order valence-electron chi connectivity index (χ3n) is 3.85. The van der Waals surface area contributed by atoms with Crippen LogP contribution in [0.3, 0.4) is 0 Å². The molecule has 0 fully saturated rings. The topological polar surface area (TPSA) is 71.1 Å². The highest BCUT2D eigenvalue weighted by atomic mass is 32.2. The summed E-state index contributed by atoms with van der Waals surface area (Å²) in [6.45, 7) is 3.53. The van der Waals surface area contributed by atoms with E-state index in [0.717, 1.165) is 17.7 Å². The number of pyridine rings is 1. The molecule has 0 unspecified atom stereocenters. The molecule has 2 aromatic carbocycles.